The third-order valence-corrected chi connectivity index (χ3v) is 7.81. The molecule has 3 aliphatic heterocycles. The molecule has 8 heteroatoms. The van der Waals surface area contributed by atoms with Crippen LogP contribution in [0.5, 0.6) is 0 Å². The van der Waals surface area contributed by atoms with E-state index in [4.69, 9.17) is 0 Å². The van der Waals surface area contributed by atoms with Crippen LogP contribution < -0.4 is 9.80 Å². The van der Waals surface area contributed by atoms with Gasteiger partial charge in [0.25, 0.3) is 5.91 Å². The Balaban J connectivity index is 1.33. The summed E-state index contributed by atoms with van der Waals surface area (Å²) >= 11 is 0. The van der Waals surface area contributed by atoms with Crippen molar-refractivity contribution in [1.82, 2.24) is 4.90 Å². The monoisotopic (exact) mass is 489 g/mol. The normalized spacial score (nSPS) is 24.1. The van der Waals surface area contributed by atoms with Crippen molar-refractivity contribution in [2.75, 3.05) is 30.0 Å². The molecule has 0 spiro atoms. The number of carbonyl (C=O) groups excluding carboxylic acids is 3. The lowest BCUT2D eigenvalue weighted by molar-refractivity contribution is -0.139. The van der Waals surface area contributed by atoms with Gasteiger partial charge in [0.15, 0.2) is 5.60 Å². The van der Waals surface area contributed by atoms with Crippen LogP contribution in [-0.2, 0) is 33.0 Å². The Morgan fingerprint density at radius 3 is 2.61 bits per heavy atom. The second kappa shape index (κ2) is 9.19. The lowest BCUT2D eigenvalue weighted by Gasteiger charge is -2.36. The highest BCUT2D eigenvalue weighted by Crippen LogP contribution is 2.46. The number of hydrogen-bond donors (Lipinski definition) is 2. The van der Waals surface area contributed by atoms with E-state index in [1.807, 2.05) is 24.3 Å². The molecule has 3 amide bonds. The van der Waals surface area contributed by atoms with Crippen molar-refractivity contribution in [2.45, 2.75) is 44.4 Å². The van der Waals surface area contributed by atoms with E-state index in [2.05, 4.69) is 0 Å². The van der Waals surface area contributed by atoms with Crippen LogP contribution in [0.25, 0.3) is 0 Å². The molecule has 2 aromatic rings. The largest absolute Gasteiger partial charge is 0.394 e. The van der Waals surface area contributed by atoms with Crippen molar-refractivity contribution >= 4 is 29.1 Å². The van der Waals surface area contributed by atoms with Gasteiger partial charge in [0.2, 0.25) is 11.8 Å². The van der Waals surface area contributed by atoms with Gasteiger partial charge in [-0.05, 0) is 35.7 Å². The van der Waals surface area contributed by atoms with Gasteiger partial charge in [-0.25, -0.2) is 0 Å². The second-order valence-electron chi connectivity index (χ2n) is 9.88. The molecule has 3 aliphatic rings. The summed E-state index contributed by atoms with van der Waals surface area (Å²) < 4.78 is 0. The molecule has 0 bridgehead atoms. The van der Waals surface area contributed by atoms with Crippen LogP contribution in [0.4, 0.5) is 11.4 Å². The summed E-state index contributed by atoms with van der Waals surface area (Å²) in [7, 11) is 1.62. The fourth-order valence-corrected chi connectivity index (χ4v) is 5.47. The molecular formula is C28H31N3O5. The number of aliphatic hydroxyl groups excluding tert-OH is 1. The van der Waals surface area contributed by atoms with Gasteiger partial charge in [0, 0.05) is 50.1 Å². The summed E-state index contributed by atoms with van der Waals surface area (Å²) in [6.45, 7) is 2.70. The zero-order valence-corrected chi connectivity index (χ0v) is 20.6. The Kier molecular flexibility index (Phi) is 6.18. The highest BCUT2D eigenvalue weighted by Gasteiger charge is 2.51. The quantitative estimate of drug-likeness (QED) is 0.478. The number of fused-ring (bicyclic) bond motifs is 2. The maximum absolute atomic E-state index is 13.2. The van der Waals surface area contributed by atoms with Gasteiger partial charge in [0.05, 0.1) is 18.3 Å². The molecule has 8 nitrogen and oxygen atoms in total. The summed E-state index contributed by atoms with van der Waals surface area (Å²) in [6.07, 6.45) is 4.59. The van der Waals surface area contributed by atoms with Crippen molar-refractivity contribution in [2.24, 2.45) is 5.92 Å². The van der Waals surface area contributed by atoms with E-state index >= 15 is 0 Å². The van der Waals surface area contributed by atoms with Crippen LogP contribution in [-0.4, -0.2) is 59.1 Å². The number of amides is 3. The third-order valence-electron chi connectivity index (χ3n) is 7.81. The number of rotatable bonds is 6. The van der Waals surface area contributed by atoms with Gasteiger partial charge in [0.1, 0.15) is 0 Å². The molecule has 36 heavy (non-hydrogen) atoms. The standard InChI is InChI=1S/C28H31N3O5/c1-18(6-5-9-25(33)31-16-20-8-4-3-7-19(20)14-22(31)17-32)28(36)23-15-21(30-13-12-26(30)34)10-11-24(23)29(2)27(28)35/h3-8,10-11,15,18,22,32,36H,9,12-14,16-17H2,1-2H3/b6-5+/t18-,22+,28+/m1/s1. The number of benzene rings is 2. The average Bonchev–Trinajstić information content (AvgIpc) is 3.08. The first-order valence-corrected chi connectivity index (χ1v) is 12.3. The minimum absolute atomic E-state index is 0.0177. The molecule has 0 aliphatic carbocycles. The first-order valence-electron chi connectivity index (χ1n) is 12.3. The molecule has 2 aromatic carbocycles. The molecule has 3 atom stereocenters. The van der Waals surface area contributed by atoms with Gasteiger partial charge in [-0.3, -0.25) is 14.4 Å². The van der Waals surface area contributed by atoms with Crippen molar-refractivity contribution in [3.05, 3.63) is 71.3 Å². The lowest BCUT2D eigenvalue weighted by atomic mass is 9.82. The predicted molar refractivity (Wildman–Crippen MR) is 135 cm³/mol. The number of aliphatic hydroxyl groups is 2. The highest BCUT2D eigenvalue weighted by atomic mass is 16.3. The van der Waals surface area contributed by atoms with Crippen molar-refractivity contribution in [3.8, 4) is 0 Å². The SMILES string of the molecule is C[C@H](/C=C/CC(=O)N1Cc2ccccc2C[C@H]1CO)[C@@]1(O)C(=O)N(C)c2ccc(N3CCC3=O)cc21. The van der Waals surface area contributed by atoms with Gasteiger partial charge >= 0.3 is 0 Å². The second-order valence-corrected chi connectivity index (χ2v) is 9.88. The summed E-state index contributed by atoms with van der Waals surface area (Å²) in [5.74, 6) is -1.16. The molecule has 0 unspecified atom stereocenters. The van der Waals surface area contributed by atoms with E-state index in [1.54, 1.807) is 54.1 Å². The Morgan fingerprint density at radius 2 is 1.94 bits per heavy atom. The molecule has 1 fully saturated rings. The summed E-state index contributed by atoms with van der Waals surface area (Å²) in [4.78, 5) is 42.9. The molecule has 3 heterocycles. The number of carbonyl (C=O) groups is 3. The molecule has 0 radical (unpaired) electrons. The van der Waals surface area contributed by atoms with Gasteiger partial charge in [-0.1, -0.05) is 43.3 Å². The molecule has 2 N–H and O–H groups in total. The van der Waals surface area contributed by atoms with Crippen LogP contribution >= 0.6 is 0 Å². The van der Waals surface area contributed by atoms with Gasteiger partial charge < -0.3 is 24.9 Å². The smallest absolute Gasteiger partial charge is 0.264 e. The van der Waals surface area contributed by atoms with Crippen LogP contribution in [0, 0.1) is 5.92 Å². The van der Waals surface area contributed by atoms with Crippen LogP contribution in [0.1, 0.15) is 36.5 Å². The van der Waals surface area contributed by atoms with E-state index < -0.39 is 17.4 Å². The van der Waals surface area contributed by atoms with Crippen LogP contribution in [0.15, 0.2) is 54.6 Å². The molecule has 0 saturated carbocycles. The van der Waals surface area contributed by atoms with Crippen molar-refractivity contribution in [3.63, 3.8) is 0 Å². The van der Waals surface area contributed by atoms with Crippen molar-refractivity contribution < 1.29 is 24.6 Å². The maximum Gasteiger partial charge on any atom is 0.264 e. The molecule has 0 aromatic heterocycles. The number of β-lactam (4-membered cyclic amide) rings is 1. The Labute approximate surface area is 210 Å². The Hall–Kier alpha value is -3.49. The van der Waals surface area contributed by atoms with Crippen LogP contribution in [0.3, 0.4) is 0 Å². The summed E-state index contributed by atoms with van der Waals surface area (Å²) in [5, 5.41) is 21.5. The molecule has 5 rings (SSSR count). The predicted octanol–water partition coefficient (Wildman–Crippen LogP) is 2.12. The van der Waals surface area contributed by atoms with E-state index in [1.165, 1.54) is 4.90 Å². The lowest BCUT2D eigenvalue weighted by Crippen LogP contribution is -2.46. The van der Waals surface area contributed by atoms with E-state index in [9.17, 15) is 24.6 Å². The number of hydrogen-bond acceptors (Lipinski definition) is 5. The van der Waals surface area contributed by atoms with E-state index in [0.717, 1.165) is 11.1 Å². The minimum Gasteiger partial charge on any atom is -0.394 e. The molecular weight excluding hydrogens is 458 g/mol. The average molecular weight is 490 g/mol. The first-order chi connectivity index (χ1) is 17.3. The Bertz CT molecular complexity index is 1260. The minimum atomic E-state index is -1.80. The number of anilines is 2. The Morgan fingerprint density at radius 1 is 1.19 bits per heavy atom. The number of likely N-dealkylation sites (N-methyl/N-ethyl adjacent to an activating group) is 1. The van der Waals surface area contributed by atoms with E-state index in [0.29, 0.717) is 42.9 Å². The number of nitrogens with zero attached hydrogens (tertiary/aromatic N) is 3. The van der Waals surface area contributed by atoms with Gasteiger partial charge in [-0.2, -0.15) is 0 Å². The van der Waals surface area contributed by atoms with Gasteiger partial charge in [-0.15, -0.1) is 0 Å². The fraction of sp³-hybridized carbons (Fsp3) is 0.393. The third kappa shape index (κ3) is 3.81. The highest BCUT2D eigenvalue weighted by molar-refractivity contribution is 6.08. The zero-order valence-electron chi connectivity index (χ0n) is 20.6. The fourth-order valence-electron chi connectivity index (χ4n) is 5.47. The first kappa shape index (κ1) is 24.2. The summed E-state index contributed by atoms with van der Waals surface area (Å²) in [6, 6.07) is 12.9. The molecule has 188 valence electrons. The van der Waals surface area contributed by atoms with Crippen molar-refractivity contribution in [1.29, 1.82) is 0 Å². The summed E-state index contributed by atoms with van der Waals surface area (Å²) in [5.41, 5.74) is 2.16. The van der Waals surface area contributed by atoms with E-state index in [-0.39, 0.29) is 30.9 Å². The maximum atomic E-state index is 13.2. The molecule has 1 saturated heterocycles. The topological polar surface area (TPSA) is 101 Å². The zero-order chi connectivity index (χ0) is 25.6. The van der Waals surface area contributed by atoms with Crippen LogP contribution in [0.2, 0.25) is 0 Å².